The van der Waals surface area contributed by atoms with Gasteiger partial charge in [-0.2, -0.15) is 0 Å². The molecule has 0 aliphatic heterocycles. The molecule has 2 nitrogen and oxygen atoms in total. The molecule has 3 atom stereocenters. The average molecular weight is 324 g/mol. The number of carbonyl (C=O) groups is 2. The molecule has 0 aromatic rings. The van der Waals surface area contributed by atoms with Gasteiger partial charge >= 0.3 is 0 Å². The van der Waals surface area contributed by atoms with Crippen LogP contribution in [0.1, 0.15) is 19.8 Å². The number of carbonyl (C=O) groups excluding carboxylic acids is 2. The predicted molar refractivity (Wildman–Crippen MR) is 60.9 cm³/mol. The van der Waals surface area contributed by atoms with Gasteiger partial charge in [-0.15, -0.1) is 0 Å². The molecule has 0 amide bonds. The highest BCUT2D eigenvalue weighted by Crippen LogP contribution is 2.63. The Bertz CT molecular complexity index is 315. The highest BCUT2D eigenvalue weighted by molar-refractivity contribution is 9.09. The van der Waals surface area contributed by atoms with E-state index in [2.05, 4.69) is 38.8 Å². The number of hydrogen-bond donors (Lipinski definition) is 0. The third-order valence-corrected chi connectivity index (χ3v) is 6.32. The summed E-state index contributed by atoms with van der Waals surface area (Å²) in [5.74, 6) is -0.336. The normalized spacial score (nSPS) is 46.4. The Morgan fingerprint density at radius 2 is 2.00 bits per heavy atom. The minimum atomic E-state index is -0.432. The highest BCUT2D eigenvalue weighted by atomic mass is 79.9. The van der Waals surface area contributed by atoms with Gasteiger partial charge in [0.15, 0.2) is 0 Å². The Hall–Kier alpha value is 0.300. The summed E-state index contributed by atoms with van der Waals surface area (Å²) < 4.78 is 0. The van der Waals surface area contributed by atoms with Crippen LogP contribution in [0.15, 0.2) is 0 Å². The molecule has 2 aliphatic carbocycles. The lowest BCUT2D eigenvalue weighted by atomic mass is 9.70. The number of rotatable bonds is 2. The molecule has 3 unspecified atom stereocenters. The molecule has 2 saturated carbocycles. The average Bonchev–Trinajstić information content (AvgIpc) is 2.57. The second kappa shape index (κ2) is 3.14. The van der Waals surface area contributed by atoms with Crippen molar-refractivity contribution in [2.24, 2.45) is 16.7 Å². The van der Waals surface area contributed by atoms with E-state index in [0.29, 0.717) is 5.33 Å². The minimum Gasteiger partial charge on any atom is -0.291 e. The first-order chi connectivity index (χ1) is 6.53. The first kappa shape index (κ1) is 10.8. The molecule has 2 rings (SSSR count). The number of fused-ring (bicyclic) bond motifs is 2. The molecule has 2 aliphatic rings. The molecule has 2 fully saturated rings. The Morgan fingerprint density at radius 1 is 1.36 bits per heavy atom. The fourth-order valence-corrected chi connectivity index (χ4v) is 5.12. The van der Waals surface area contributed by atoms with Crippen molar-refractivity contribution in [3.05, 3.63) is 0 Å². The van der Waals surface area contributed by atoms with Gasteiger partial charge in [0.25, 0.3) is 0 Å². The second-order valence-electron chi connectivity index (χ2n) is 4.55. The van der Waals surface area contributed by atoms with E-state index in [0.717, 1.165) is 18.2 Å². The molecule has 0 heterocycles. The molecule has 0 aromatic heterocycles. The van der Waals surface area contributed by atoms with Crippen LogP contribution < -0.4 is 0 Å². The number of hydrogen-bond acceptors (Lipinski definition) is 2. The van der Waals surface area contributed by atoms with Crippen LogP contribution in [-0.4, -0.2) is 22.2 Å². The van der Waals surface area contributed by atoms with Crippen molar-refractivity contribution in [3.63, 3.8) is 0 Å². The number of halogens is 2. The van der Waals surface area contributed by atoms with E-state index in [4.69, 9.17) is 0 Å². The van der Waals surface area contributed by atoms with Crippen LogP contribution in [0.25, 0.3) is 0 Å². The zero-order valence-corrected chi connectivity index (χ0v) is 11.2. The van der Waals surface area contributed by atoms with Crippen LogP contribution >= 0.6 is 31.9 Å². The van der Waals surface area contributed by atoms with Gasteiger partial charge in [-0.1, -0.05) is 38.8 Å². The zero-order chi connectivity index (χ0) is 10.6. The maximum absolute atomic E-state index is 11.9. The smallest absolute Gasteiger partial charge is 0.206 e. The van der Waals surface area contributed by atoms with Crippen LogP contribution in [0.5, 0.6) is 0 Å². The molecule has 0 spiro atoms. The van der Waals surface area contributed by atoms with Gasteiger partial charge in [-0.25, -0.2) is 0 Å². The second-order valence-corrected chi connectivity index (χ2v) is 5.67. The van der Waals surface area contributed by atoms with Crippen molar-refractivity contribution in [2.45, 2.75) is 19.8 Å². The fourth-order valence-electron chi connectivity index (χ4n) is 3.02. The van der Waals surface area contributed by atoms with Gasteiger partial charge in [0.05, 0.1) is 5.41 Å². The molecular formula is C10H12Br2O2. The molecule has 0 radical (unpaired) electrons. The van der Waals surface area contributed by atoms with Gasteiger partial charge in [0, 0.05) is 22.0 Å². The molecule has 2 bridgehead atoms. The maximum Gasteiger partial charge on any atom is 0.206 e. The van der Waals surface area contributed by atoms with Gasteiger partial charge in [-0.05, 0) is 12.8 Å². The van der Waals surface area contributed by atoms with Gasteiger partial charge in [0.1, 0.15) is 0 Å². The third-order valence-electron chi connectivity index (χ3n) is 4.20. The Balaban J connectivity index is 2.55. The van der Waals surface area contributed by atoms with Crippen LogP contribution in [0.2, 0.25) is 0 Å². The van der Waals surface area contributed by atoms with Crippen LogP contribution in [-0.2, 0) is 9.59 Å². The summed E-state index contributed by atoms with van der Waals surface area (Å²) in [6.45, 7) is 2.06. The van der Waals surface area contributed by atoms with Crippen LogP contribution in [0, 0.1) is 16.7 Å². The first-order valence-corrected chi connectivity index (χ1v) is 6.98. The van der Waals surface area contributed by atoms with Crippen molar-refractivity contribution < 1.29 is 9.59 Å². The highest BCUT2D eigenvalue weighted by Gasteiger charge is 2.69. The summed E-state index contributed by atoms with van der Waals surface area (Å²) >= 11 is 6.87. The monoisotopic (exact) mass is 322 g/mol. The summed E-state index contributed by atoms with van der Waals surface area (Å²) in [7, 11) is 0. The molecule has 4 heteroatoms. The fraction of sp³-hybridized carbons (Fsp3) is 0.800. The molecule has 0 aromatic carbocycles. The van der Waals surface area contributed by atoms with Gasteiger partial charge in [0.2, 0.25) is 11.6 Å². The van der Waals surface area contributed by atoms with E-state index >= 15 is 0 Å². The lowest BCUT2D eigenvalue weighted by molar-refractivity contribution is -0.141. The third kappa shape index (κ3) is 0.921. The van der Waals surface area contributed by atoms with Gasteiger partial charge in [-0.3, -0.25) is 9.59 Å². The van der Waals surface area contributed by atoms with E-state index in [9.17, 15) is 9.59 Å². The first-order valence-electron chi connectivity index (χ1n) is 4.74. The molecule has 78 valence electrons. The summed E-state index contributed by atoms with van der Waals surface area (Å²) in [5, 5.41) is 1.34. The summed E-state index contributed by atoms with van der Waals surface area (Å²) in [4.78, 5) is 23.6. The van der Waals surface area contributed by atoms with E-state index in [1.807, 2.05) is 0 Å². The largest absolute Gasteiger partial charge is 0.291 e. The van der Waals surface area contributed by atoms with Gasteiger partial charge < -0.3 is 0 Å². The standard InChI is InChI=1S/C10H12Br2O2/c1-9(4-11)6-2-3-10(9,5-12)8(14)7(6)13/h6H,2-5H2,1H3. The van der Waals surface area contributed by atoms with Crippen LogP contribution in [0.3, 0.4) is 0 Å². The van der Waals surface area contributed by atoms with Crippen molar-refractivity contribution in [1.29, 1.82) is 0 Å². The molecular weight excluding hydrogens is 312 g/mol. The molecule has 0 N–H and O–H groups in total. The van der Waals surface area contributed by atoms with E-state index in [-0.39, 0.29) is 22.9 Å². The Labute approximate surface area is 100 Å². The Kier molecular flexibility index (Phi) is 2.43. The van der Waals surface area contributed by atoms with Crippen molar-refractivity contribution >= 4 is 43.4 Å². The quantitative estimate of drug-likeness (QED) is 0.577. The molecule has 0 saturated heterocycles. The lowest BCUT2D eigenvalue weighted by Gasteiger charge is -2.35. The van der Waals surface area contributed by atoms with Crippen LogP contribution in [0.4, 0.5) is 0 Å². The summed E-state index contributed by atoms with van der Waals surface area (Å²) in [5.41, 5.74) is -0.608. The SMILES string of the molecule is CC1(CBr)C2CCC1(CBr)C(=O)C2=O. The molecule has 14 heavy (non-hydrogen) atoms. The van der Waals surface area contributed by atoms with Crippen molar-refractivity contribution in [1.82, 2.24) is 0 Å². The van der Waals surface area contributed by atoms with E-state index in [1.54, 1.807) is 0 Å². The number of ketones is 2. The predicted octanol–water partition coefficient (Wildman–Crippen LogP) is 2.33. The Morgan fingerprint density at radius 3 is 2.43 bits per heavy atom. The number of Topliss-reactive ketones (excluding diaryl/α,β-unsaturated/α-hetero) is 2. The summed E-state index contributed by atoms with van der Waals surface area (Å²) in [6.07, 6.45) is 1.73. The topological polar surface area (TPSA) is 34.1 Å². The minimum absolute atomic E-state index is 0.0491. The summed E-state index contributed by atoms with van der Waals surface area (Å²) in [6, 6.07) is 0. The zero-order valence-electron chi connectivity index (χ0n) is 7.98. The maximum atomic E-state index is 11.9. The lowest BCUT2D eigenvalue weighted by Crippen LogP contribution is -2.41. The van der Waals surface area contributed by atoms with E-state index in [1.165, 1.54) is 0 Å². The van der Waals surface area contributed by atoms with E-state index < -0.39 is 5.41 Å². The van der Waals surface area contributed by atoms with Crippen molar-refractivity contribution in [2.75, 3.05) is 10.7 Å². The number of alkyl halides is 2. The van der Waals surface area contributed by atoms with Crippen molar-refractivity contribution in [3.8, 4) is 0 Å².